The molecule has 1 atom stereocenters. The number of likely N-dealkylation sites (N-methyl/N-ethyl adjacent to an activating group) is 1. The molecule has 0 aliphatic carbocycles. The third-order valence-corrected chi connectivity index (χ3v) is 4.79. The summed E-state index contributed by atoms with van der Waals surface area (Å²) in [5.41, 5.74) is 2.26. The van der Waals surface area contributed by atoms with Gasteiger partial charge in [0.25, 0.3) is 0 Å². The Bertz CT molecular complexity index is 714. The number of aliphatic hydroxyl groups excluding tert-OH is 1. The first kappa shape index (κ1) is 18.3. The molecule has 136 valence electrons. The van der Waals surface area contributed by atoms with Gasteiger partial charge in [-0.3, -0.25) is 9.58 Å². The first-order chi connectivity index (χ1) is 11.9. The average molecular weight is 367 g/mol. The quantitative estimate of drug-likeness (QED) is 0.883. The molecule has 1 N–H and O–H groups in total. The number of aliphatic hydroxyl groups is 1. The molecule has 25 heavy (non-hydrogen) atoms. The molecule has 5 nitrogen and oxygen atoms in total. The van der Waals surface area contributed by atoms with Gasteiger partial charge in [0.2, 0.25) is 0 Å². The van der Waals surface area contributed by atoms with Gasteiger partial charge in [-0.15, -0.1) is 0 Å². The minimum Gasteiger partial charge on any atom is -0.385 e. The fourth-order valence-corrected chi connectivity index (χ4v) is 3.42. The van der Waals surface area contributed by atoms with Crippen LogP contribution < -0.4 is 0 Å². The second kappa shape index (κ2) is 7.83. The Kier molecular flexibility index (Phi) is 5.74. The molecular formula is C18H24ClFN4O. The van der Waals surface area contributed by atoms with Crippen LogP contribution in [0.15, 0.2) is 24.3 Å². The highest BCUT2D eigenvalue weighted by Crippen LogP contribution is 2.24. The Balaban J connectivity index is 1.76. The van der Waals surface area contributed by atoms with Gasteiger partial charge in [0.1, 0.15) is 11.9 Å². The van der Waals surface area contributed by atoms with Crippen LogP contribution in [0.2, 0.25) is 5.02 Å². The van der Waals surface area contributed by atoms with Crippen molar-refractivity contribution in [2.45, 2.75) is 32.2 Å². The molecule has 2 aromatic rings. The summed E-state index contributed by atoms with van der Waals surface area (Å²) in [7, 11) is 3.84. The van der Waals surface area contributed by atoms with E-state index in [2.05, 4.69) is 10.00 Å². The van der Waals surface area contributed by atoms with Gasteiger partial charge in [0.05, 0.1) is 11.4 Å². The van der Waals surface area contributed by atoms with E-state index >= 15 is 0 Å². The van der Waals surface area contributed by atoms with E-state index in [0.717, 1.165) is 25.2 Å². The van der Waals surface area contributed by atoms with Crippen molar-refractivity contribution >= 4 is 11.6 Å². The number of aromatic nitrogens is 2. The molecule has 7 heteroatoms. The summed E-state index contributed by atoms with van der Waals surface area (Å²) < 4.78 is 16.0. The van der Waals surface area contributed by atoms with Crippen LogP contribution in [0.4, 0.5) is 4.39 Å². The Morgan fingerprint density at radius 3 is 2.88 bits per heavy atom. The SMILES string of the molecule is CN(C)C[C@H](O)c1cc2n(n1)CCCN(Cc1c(F)cccc1Cl)C2. The molecular weight excluding hydrogens is 343 g/mol. The molecule has 0 radical (unpaired) electrons. The normalized spacial score (nSPS) is 16.7. The highest BCUT2D eigenvalue weighted by Gasteiger charge is 2.21. The summed E-state index contributed by atoms with van der Waals surface area (Å²) in [5, 5.41) is 15.3. The van der Waals surface area contributed by atoms with E-state index in [0.29, 0.717) is 35.9 Å². The summed E-state index contributed by atoms with van der Waals surface area (Å²) in [4.78, 5) is 4.11. The van der Waals surface area contributed by atoms with E-state index < -0.39 is 6.10 Å². The Morgan fingerprint density at radius 1 is 1.36 bits per heavy atom. The largest absolute Gasteiger partial charge is 0.385 e. The number of hydrogen-bond acceptors (Lipinski definition) is 4. The maximum absolute atomic E-state index is 14.1. The van der Waals surface area contributed by atoms with Crippen molar-refractivity contribution in [3.05, 3.63) is 52.1 Å². The van der Waals surface area contributed by atoms with Crippen LogP contribution in [-0.2, 0) is 19.6 Å². The second-order valence-corrected chi connectivity index (χ2v) is 7.23. The number of aryl methyl sites for hydroxylation is 1. The highest BCUT2D eigenvalue weighted by atomic mass is 35.5. The van der Waals surface area contributed by atoms with E-state index in [1.807, 2.05) is 29.7 Å². The maximum atomic E-state index is 14.1. The van der Waals surface area contributed by atoms with Crippen molar-refractivity contribution in [3.63, 3.8) is 0 Å². The Labute approximate surface area is 152 Å². The van der Waals surface area contributed by atoms with E-state index in [-0.39, 0.29) is 5.82 Å². The van der Waals surface area contributed by atoms with Crippen molar-refractivity contribution in [2.24, 2.45) is 0 Å². The zero-order valence-corrected chi connectivity index (χ0v) is 15.4. The van der Waals surface area contributed by atoms with Gasteiger partial charge in [-0.05, 0) is 38.7 Å². The number of rotatable bonds is 5. The third kappa shape index (κ3) is 4.39. The van der Waals surface area contributed by atoms with Gasteiger partial charge in [0, 0.05) is 43.3 Å². The van der Waals surface area contributed by atoms with Gasteiger partial charge >= 0.3 is 0 Å². The number of halogens is 2. The molecule has 0 bridgehead atoms. The first-order valence-corrected chi connectivity index (χ1v) is 8.86. The van der Waals surface area contributed by atoms with E-state index in [1.165, 1.54) is 6.07 Å². The Morgan fingerprint density at radius 2 is 2.16 bits per heavy atom. The highest BCUT2D eigenvalue weighted by molar-refractivity contribution is 6.31. The molecule has 1 aliphatic heterocycles. The summed E-state index contributed by atoms with van der Waals surface area (Å²) in [6.07, 6.45) is 0.313. The molecule has 3 rings (SSSR count). The van der Waals surface area contributed by atoms with Crippen LogP contribution in [0.5, 0.6) is 0 Å². The van der Waals surface area contributed by atoms with Crippen LogP contribution in [0.1, 0.15) is 29.5 Å². The first-order valence-electron chi connectivity index (χ1n) is 8.48. The number of nitrogens with zero attached hydrogens (tertiary/aromatic N) is 4. The fraction of sp³-hybridized carbons (Fsp3) is 0.500. The molecule has 0 amide bonds. The van der Waals surface area contributed by atoms with Crippen molar-refractivity contribution in [1.82, 2.24) is 19.6 Å². The van der Waals surface area contributed by atoms with Crippen LogP contribution >= 0.6 is 11.6 Å². The monoisotopic (exact) mass is 366 g/mol. The molecule has 1 aromatic carbocycles. The van der Waals surface area contributed by atoms with E-state index in [9.17, 15) is 9.50 Å². The van der Waals surface area contributed by atoms with Crippen molar-refractivity contribution in [1.29, 1.82) is 0 Å². The standard InChI is InChI=1S/C18H24ClFN4O/c1-22(2)12-18(25)17-9-13-10-23(7-4-8-24(13)21-17)11-14-15(19)5-3-6-16(14)20/h3,5-6,9,18,25H,4,7-8,10-12H2,1-2H3/t18-/m0/s1. The van der Waals surface area contributed by atoms with Crippen molar-refractivity contribution in [2.75, 3.05) is 27.2 Å². The van der Waals surface area contributed by atoms with Gasteiger partial charge in [-0.2, -0.15) is 5.10 Å². The third-order valence-electron chi connectivity index (χ3n) is 4.43. The Hall–Kier alpha value is -1.47. The number of benzene rings is 1. The smallest absolute Gasteiger partial charge is 0.129 e. The summed E-state index contributed by atoms with van der Waals surface area (Å²) in [5.74, 6) is -0.271. The molecule has 0 fully saturated rings. The molecule has 0 saturated carbocycles. The van der Waals surface area contributed by atoms with Crippen LogP contribution in [0.3, 0.4) is 0 Å². The zero-order valence-electron chi connectivity index (χ0n) is 14.6. The average Bonchev–Trinajstić information content (AvgIpc) is 2.84. The van der Waals surface area contributed by atoms with Gasteiger partial charge in [-0.1, -0.05) is 17.7 Å². The molecule has 0 saturated heterocycles. The van der Waals surface area contributed by atoms with Gasteiger partial charge in [0.15, 0.2) is 0 Å². The molecule has 0 unspecified atom stereocenters. The van der Waals surface area contributed by atoms with E-state index in [4.69, 9.17) is 11.6 Å². The van der Waals surface area contributed by atoms with Crippen LogP contribution in [0, 0.1) is 5.82 Å². The fourth-order valence-electron chi connectivity index (χ4n) is 3.19. The number of fused-ring (bicyclic) bond motifs is 1. The van der Waals surface area contributed by atoms with Gasteiger partial charge < -0.3 is 10.0 Å². The molecule has 1 aliphatic rings. The molecule has 1 aromatic heterocycles. The van der Waals surface area contributed by atoms with Gasteiger partial charge in [-0.25, -0.2) is 4.39 Å². The lowest BCUT2D eigenvalue weighted by molar-refractivity contribution is 0.133. The number of hydrogen-bond donors (Lipinski definition) is 1. The topological polar surface area (TPSA) is 44.5 Å². The molecule has 0 spiro atoms. The lowest BCUT2D eigenvalue weighted by Gasteiger charge is -2.20. The summed E-state index contributed by atoms with van der Waals surface area (Å²) in [6.45, 7) is 3.30. The van der Waals surface area contributed by atoms with Crippen LogP contribution in [0.25, 0.3) is 0 Å². The molecule has 2 heterocycles. The second-order valence-electron chi connectivity index (χ2n) is 6.83. The summed E-state index contributed by atoms with van der Waals surface area (Å²) in [6, 6.07) is 6.74. The lowest BCUT2D eigenvalue weighted by atomic mass is 10.2. The maximum Gasteiger partial charge on any atom is 0.129 e. The lowest BCUT2D eigenvalue weighted by Crippen LogP contribution is -2.23. The zero-order chi connectivity index (χ0) is 18.0. The van der Waals surface area contributed by atoms with Crippen LogP contribution in [-0.4, -0.2) is 51.9 Å². The van der Waals surface area contributed by atoms with Crippen molar-refractivity contribution in [3.8, 4) is 0 Å². The van der Waals surface area contributed by atoms with E-state index in [1.54, 1.807) is 12.1 Å². The predicted molar refractivity (Wildman–Crippen MR) is 95.9 cm³/mol. The minimum absolute atomic E-state index is 0.271. The van der Waals surface area contributed by atoms with Crippen molar-refractivity contribution < 1.29 is 9.50 Å². The predicted octanol–water partition coefficient (Wildman–Crippen LogP) is 2.68. The minimum atomic E-state index is -0.608. The summed E-state index contributed by atoms with van der Waals surface area (Å²) >= 11 is 6.16.